The fraction of sp³-hybridized carbons (Fsp3) is 0.385. The molecule has 3 atom stereocenters. The molecule has 4 nitrogen and oxygen atoms in total. The van der Waals surface area contributed by atoms with Crippen LogP contribution in [-0.4, -0.2) is 32.0 Å². The van der Waals surface area contributed by atoms with Gasteiger partial charge in [-0.05, 0) is 19.4 Å². The maximum absolute atomic E-state index is 9.66. The highest BCUT2D eigenvalue weighted by atomic mass is 32.2. The summed E-state index contributed by atoms with van der Waals surface area (Å²) in [5.41, 5.74) is 0.943. The zero-order valence-corrected chi connectivity index (χ0v) is 11.1. The Hall–Kier alpha value is -1.33. The van der Waals surface area contributed by atoms with Gasteiger partial charge in [0.05, 0.1) is 16.9 Å². The van der Waals surface area contributed by atoms with Crippen LogP contribution < -0.4 is 5.32 Å². The van der Waals surface area contributed by atoms with Crippen LogP contribution in [0.25, 0.3) is 0 Å². The van der Waals surface area contributed by atoms with Gasteiger partial charge in [-0.25, -0.2) is 9.97 Å². The van der Waals surface area contributed by atoms with Gasteiger partial charge in [0.1, 0.15) is 5.03 Å². The van der Waals surface area contributed by atoms with Gasteiger partial charge < -0.3 is 10.4 Å². The Labute approximate surface area is 110 Å². The van der Waals surface area contributed by atoms with Crippen LogP contribution in [0.2, 0.25) is 0 Å². The van der Waals surface area contributed by atoms with Crippen molar-refractivity contribution in [2.45, 2.75) is 35.8 Å². The van der Waals surface area contributed by atoms with Gasteiger partial charge in [0.2, 0.25) is 0 Å². The Morgan fingerprint density at radius 2 is 2.22 bits per heavy atom. The normalized spacial score (nSPS) is 30.8. The predicted octanol–water partition coefficient (Wildman–Crippen LogP) is 2.00. The fourth-order valence-electron chi connectivity index (χ4n) is 2.19. The lowest BCUT2D eigenvalue weighted by Gasteiger charge is -2.40. The van der Waals surface area contributed by atoms with Crippen LogP contribution in [0, 0.1) is 0 Å². The molecule has 1 aliphatic heterocycles. The van der Waals surface area contributed by atoms with Crippen LogP contribution in [0.15, 0.2) is 41.2 Å². The van der Waals surface area contributed by atoms with Crippen molar-refractivity contribution in [3.8, 4) is 0 Å². The summed E-state index contributed by atoms with van der Waals surface area (Å²) in [6.07, 6.45) is 9.16. The van der Waals surface area contributed by atoms with Crippen molar-refractivity contribution in [2.24, 2.45) is 0 Å². The molecule has 1 aliphatic carbocycles. The zero-order valence-electron chi connectivity index (χ0n) is 10.3. The summed E-state index contributed by atoms with van der Waals surface area (Å²) in [5, 5.41) is 14.0. The van der Waals surface area contributed by atoms with E-state index in [4.69, 9.17) is 0 Å². The predicted molar refractivity (Wildman–Crippen MR) is 72.6 cm³/mol. The van der Waals surface area contributed by atoms with E-state index in [2.05, 4.69) is 34.4 Å². The number of aliphatic hydroxyl groups excluding tert-OH is 1. The molecule has 2 aliphatic rings. The third kappa shape index (κ3) is 1.83. The third-order valence-corrected chi connectivity index (χ3v) is 4.66. The van der Waals surface area contributed by atoms with Crippen molar-refractivity contribution in [3.05, 3.63) is 36.2 Å². The number of hydrogen-bond acceptors (Lipinski definition) is 5. The maximum atomic E-state index is 9.66. The molecule has 0 saturated heterocycles. The molecular weight excluding hydrogens is 246 g/mol. The van der Waals surface area contributed by atoms with Gasteiger partial charge in [-0.1, -0.05) is 30.0 Å². The summed E-state index contributed by atoms with van der Waals surface area (Å²) in [6, 6.07) is 0.126. The highest BCUT2D eigenvalue weighted by molar-refractivity contribution is 8.01. The van der Waals surface area contributed by atoms with E-state index in [1.165, 1.54) is 0 Å². The van der Waals surface area contributed by atoms with Gasteiger partial charge in [0.15, 0.2) is 5.82 Å². The smallest absolute Gasteiger partial charge is 0.159 e. The molecule has 1 aromatic heterocycles. The maximum Gasteiger partial charge on any atom is 0.159 e. The lowest BCUT2D eigenvalue weighted by Crippen LogP contribution is -2.44. The highest BCUT2D eigenvalue weighted by Gasteiger charge is 2.39. The minimum Gasteiger partial charge on any atom is -0.389 e. The lowest BCUT2D eigenvalue weighted by molar-refractivity contribution is 0.234. The van der Waals surface area contributed by atoms with Gasteiger partial charge in [-0.2, -0.15) is 0 Å². The lowest BCUT2D eigenvalue weighted by atomic mass is 9.90. The molecule has 1 aromatic rings. The standard InChI is InChI=1S/C13H15N3OS/c1-8(17)9-3-4-13(2)10(7-9)16-11-12(18-13)15-6-5-14-11/h3-8,10,17H,1-2H3,(H,14,16). The van der Waals surface area contributed by atoms with Gasteiger partial charge in [-0.15, -0.1) is 0 Å². The summed E-state index contributed by atoms with van der Waals surface area (Å²) in [4.78, 5) is 8.64. The van der Waals surface area contributed by atoms with Gasteiger partial charge in [0.25, 0.3) is 0 Å². The van der Waals surface area contributed by atoms with E-state index < -0.39 is 6.10 Å². The van der Waals surface area contributed by atoms with E-state index >= 15 is 0 Å². The minimum atomic E-state index is -0.444. The number of thioether (sulfide) groups is 1. The molecule has 0 aromatic carbocycles. The molecule has 0 bridgehead atoms. The number of fused-ring (bicyclic) bond motifs is 2. The zero-order chi connectivity index (χ0) is 12.8. The molecule has 0 fully saturated rings. The molecule has 0 saturated carbocycles. The van der Waals surface area contributed by atoms with Crippen LogP contribution >= 0.6 is 11.8 Å². The number of aliphatic hydroxyl groups is 1. The van der Waals surface area contributed by atoms with E-state index in [-0.39, 0.29) is 10.8 Å². The Morgan fingerprint density at radius 3 is 3.00 bits per heavy atom. The largest absolute Gasteiger partial charge is 0.389 e. The monoisotopic (exact) mass is 261 g/mol. The number of rotatable bonds is 1. The summed E-state index contributed by atoms with van der Waals surface area (Å²) in [6.45, 7) is 3.95. The summed E-state index contributed by atoms with van der Waals surface area (Å²) >= 11 is 1.71. The molecule has 2 N–H and O–H groups in total. The fourth-order valence-corrected chi connectivity index (χ4v) is 3.32. The minimum absolute atomic E-state index is 0.0819. The van der Waals surface area contributed by atoms with Gasteiger partial charge in [0, 0.05) is 12.4 Å². The second-order valence-corrected chi connectivity index (χ2v) is 6.26. The van der Waals surface area contributed by atoms with Crippen molar-refractivity contribution in [1.82, 2.24) is 9.97 Å². The first kappa shape index (κ1) is 11.7. The molecule has 18 heavy (non-hydrogen) atoms. The molecule has 0 spiro atoms. The van der Waals surface area contributed by atoms with Crippen molar-refractivity contribution < 1.29 is 5.11 Å². The summed E-state index contributed by atoms with van der Waals surface area (Å²) < 4.78 is -0.0819. The molecule has 5 heteroatoms. The Bertz CT molecular complexity index is 541. The van der Waals surface area contributed by atoms with Crippen LogP contribution in [-0.2, 0) is 0 Å². The topological polar surface area (TPSA) is 58.0 Å². The van der Waals surface area contributed by atoms with Crippen LogP contribution in [0.1, 0.15) is 13.8 Å². The van der Waals surface area contributed by atoms with Gasteiger partial charge >= 0.3 is 0 Å². The molecule has 94 valence electrons. The second kappa shape index (κ2) is 4.10. The van der Waals surface area contributed by atoms with Crippen molar-refractivity contribution in [3.63, 3.8) is 0 Å². The number of hydrogen-bond donors (Lipinski definition) is 2. The van der Waals surface area contributed by atoms with E-state index in [1.54, 1.807) is 31.1 Å². The van der Waals surface area contributed by atoms with Crippen molar-refractivity contribution in [2.75, 3.05) is 5.32 Å². The summed E-state index contributed by atoms with van der Waals surface area (Å²) in [7, 11) is 0. The quantitative estimate of drug-likeness (QED) is 0.809. The van der Waals surface area contributed by atoms with Crippen molar-refractivity contribution >= 4 is 17.6 Å². The SMILES string of the molecule is CC(O)C1=CC2Nc3nccnc3SC2(C)C=C1. The molecule has 3 rings (SSSR count). The third-order valence-electron chi connectivity index (χ3n) is 3.34. The average Bonchev–Trinajstić information content (AvgIpc) is 2.34. The molecule has 0 amide bonds. The van der Waals surface area contributed by atoms with E-state index in [9.17, 15) is 5.11 Å². The first-order valence-corrected chi connectivity index (χ1v) is 6.76. The number of nitrogens with zero attached hydrogens (tertiary/aromatic N) is 2. The first-order valence-electron chi connectivity index (χ1n) is 5.94. The van der Waals surface area contributed by atoms with Gasteiger partial charge in [-0.3, -0.25) is 0 Å². The Morgan fingerprint density at radius 1 is 1.44 bits per heavy atom. The Balaban J connectivity index is 1.99. The van der Waals surface area contributed by atoms with E-state index in [0.717, 1.165) is 16.4 Å². The number of anilines is 1. The number of nitrogens with one attached hydrogen (secondary N) is 1. The van der Waals surface area contributed by atoms with E-state index in [0.29, 0.717) is 0 Å². The first-order chi connectivity index (χ1) is 8.58. The second-order valence-electron chi connectivity index (χ2n) is 4.79. The molecule has 3 unspecified atom stereocenters. The van der Waals surface area contributed by atoms with Crippen LogP contribution in [0.3, 0.4) is 0 Å². The van der Waals surface area contributed by atoms with Crippen LogP contribution in [0.5, 0.6) is 0 Å². The van der Waals surface area contributed by atoms with Crippen LogP contribution in [0.4, 0.5) is 5.82 Å². The molecule has 2 heterocycles. The summed E-state index contributed by atoms with van der Waals surface area (Å²) in [5.74, 6) is 0.821. The highest BCUT2D eigenvalue weighted by Crippen LogP contribution is 2.45. The number of aromatic nitrogens is 2. The van der Waals surface area contributed by atoms with E-state index in [1.807, 2.05) is 6.08 Å². The van der Waals surface area contributed by atoms with Crippen molar-refractivity contribution in [1.29, 1.82) is 0 Å². The average molecular weight is 261 g/mol. The molecular formula is C13H15N3OS. The Kier molecular flexibility index (Phi) is 2.68. The molecule has 0 radical (unpaired) electrons.